The van der Waals surface area contributed by atoms with Crippen LogP contribution in [0.15, 0.2) is 53.4 Å². The maximum Gasteiger partial charge on any atom is 0.240 e. The van der Waals surface area contributed by atoms with Gasteiger partial charge in [0.15, 0.2) is 0 Å². The van der Waals surface area contributed by atoms with E-state index < -0.39 is 10.0 Å². The Hall–Kier alpha value is -2.09. The van der Waals surface area contributed by atoms with Gasteiger partial charge in [-0.05, 0) is 55.9 Å². The zero-order valence-corrected chi connectivity index (χ0v) is 16.7. The molecule has 1 heterocycles. The van der Waals surface area contributed by atoms with E-state index in [1.54, 1.807) is 24.3 Å². The van der Waals surface area contributed by atoms with Crippen LogP contribution in [0, 0.1) is 0 Å². The van der Waals surface area contributed by atoms with E-state index >= 15 is 0 Å². The highest BCUT2D eigenvalue weighted by Crippen LogP contribution is 2.18. The lowest BCUT2D eigenvalue weighted by molar-refractivity contribution is 0.313. The zero-order valence-electron chi connectivity index (χ0n) is 15.9. The zero-order chi connectivity index (χ0) is 19.3. The molecule has 0 aromatic heterocycles. The van der Waals surface area contributed by atoms with Crippen molar-refractivity contribution in [3.63, 3.8) is 0 Å². The first-order chi connectivity index (χ1) is 13.0. The van der Waals surface area contributed by atoms with Gasteiger partial charge in [0.25, 0.3) is 0 Å². The number of rotatable bonds is 7. The highest BCUT2D eigenvalue weighted by molar-refractivity contribution is 7.89. The van der Waals surface area contributed by atoms with Crippen molar-refractivity contribution in [2.24, 2.45) is 0 Å². The molecule has 3 rings (SSSR count). The lowest BCUT2D eigenvalue weighted by atomic mass is 10.2. The van der Waals surface area contributed by atoms with Crippen LogP contribution in [0.3, 0.4) is 0 Å². The van der Waals surface area contributed by atoms with Gasteiger partial charge in [-0.15, -0.1) is 0 Å². The Kier molecular flexibility index (Phi) is 6.36. The molecule has 27 heavy (non-hydrogen) atoms. The van der Waals surface area contributed by atoms with Gasteiger partial charge in [0.05, 0.1) is 11.5 Å². The van der Waals surface area contributed by atoms with Crippen molar-refractivity contribution in [1.82, 2.24) is 9.62 Å². The molecule has 1 N–H and O–H groups in total. The number of likely N-dealkylation sites (N-methyl/N-ethyl adjacent to an activating group) is 1. The van der Waals surface area contributed by atoms with Crippen LogP contribution in [0.25, 0.3) is 0 Å². The molecule has 0 spiro atoms. The van der Waals surface area contributed by atoms with E-state index in [1.165, 1.54) is 5.69 Å². The molecule has 0 atom stereocenters. The quantitative estimate of drug-likeness (QED) is 0.787. The van der Waals surface area contributed by atoms with E-state index in [1.807, 2.05) is 19.1 Å². The van der Waals surface area contributed by atoms with Gasteiger partial charge < -0.3 is 14.5 Å². The van der Waals surface area contributed by atoms with Crippen molar-refractivity contribution >= 4 is 15.7 Å². The van der Waals surface area contributed by atoms with Gasteiger partial charge in [-0.25, -0.2) is 13.1 Å². The minimum absolute atomic E-state index is 0.236. The Bertz CT molecular complexity index is 828. The van der Waals surface area contributed by atoms with E-state index in [0.29, 0.717) is 12.4 Å². The first kappa shape index (κ1) is 19.7. The predicted molar refractivity (Wildman–Crippen MR) is 108 cm³/mol. The van der Waals surface area contributed by atoms with Crippen LogP contribution < -0.4 is 14.4 Å². The predicted octanol–water partition coefficient (Wildman–Crippen LogP) is 2.32. The molecular weight excluding hydrogens is 362 g/mol. The van der Waals surface area contributed by atoms with E-state index in [4.69, 9.17) is 4.74 Å². The number of sulfonamides is 1. The molecule has 0 saturated carbocycles. The average Bonchev–Trinajstić information content (AvgIpc) is 2.68. The Labute approximate surface area is 161 Å². The molecule has 0 unspecified atom stereocenters. The highest BCUT2D eigenvalue weighted by Gasteiger charge is 2.15. The van der Waals surface area contributed by atoms with Crippen molar-refractivity contribution in [2.45, 2.75) is 18.4 Å². The summed E-state index contributed by atoms with van der Waals surface area (Å²) in [6.07, 6.45) is 0. The Morgan fingerprint density at radius 3 is 2.19 bits per heavy atom. The van der Waals surface area contributed by atoms with Crippen molar-refractivity contribution < 1.29 is 13.2 Å². The molecule has 0 bridgehead atoms. The third kappa shape index (κ3) is 5.22. The maximum absolute atomic E-state index is 12.5. The van der Waals surface area contributed by atoms with Crippen LogP contribution in [0.2, 0.25) is 0 Å². The van der Waals surface area contributed by atoms with Crippen molar-refractivity contribution in [3.8, 4) is 5.75 Å². The van der Waals surface area contributed by atoms with E-state index in [-0.39, 0.29) is 11.4 Å². The molecule has 1 fully saturated rings. The summed E-state index contributed by atoms with van der Waals surface area (Å²) in [6.45, 7) is 6.85. The molecule has 0 aliphatic carbocycles. The summed E-state index contributed by atoms with van der Waals surface area (Å²) < 4.78 is 32.9. The Balaban J connectivity index is 1.58. The second kappa shape index (κ2) is 8.73. The number of nitrogens with zero attached hydrogens (tertiary/aromatic N) is 2. The van der Waals surface area contributed by atoms with E-state index in [2.05, 4.69) is 33.7 Å². The summed E-state index contributed by atoms with van der Waals surface area (Å²) in [7, 11) is -1.41. The molecule has 1 aliphatic rings. The summed E-state index contributed by atoms with van der Waals surface area (Å²) in [5.74, 6) is 0.663. The average molecular weight is 390 g/mol. The molecule has 2 aromatic carbocycles. The van der Waals surface area contributed by atoms with Crippen molar-refractivity contribution in [2.75, 3.05) is 44.7 Å². The second-order valence-corrected chi connectivity index (χ2v) is 8.45. The largest absolute Gasteiger partial charge is 0.494 e. The molecule has 146 valence electrons. The van der Waals surface area contributed by atoms with Gasteiger partial charge in [-0.3, -0.25) is 0 Å². The van der Waals surface area contributed by atoms with Gasteiger partial charge in [0, 0.05) is 38.4 Å². The van der Waals surface area contributed by atoms with Crippen LogP contribution in [0.4, 0.5) is 5.69 Å². The fraction of sp³-hybridized carbons (Fsp3) is 0.400. The normalized spacial score (nSPS) is 15.7. The number of benzene rings is 2. The van der Waals surface area contributed by atoms with Gasteiger partial charge in [0.1, 0.15) is 5.75 Å². The van der Waals surface area contributed by atoms with Gasteiger partial charge in [-0.1, -0.05) is 12.1 Å². The first-order valence-electron chi connectivity index (χ1n) is 9.23. The molecule has 7 heteroatoms. The third-order valence-corrected chi connectivity index (χ3v) is 6.13. The number of hydrogen-bond acceptors (Lipinski definition) is 5. The second-order valence-electron chi connectivity index (χ2n) is 6.69. The van der Waals surface area contributed by atoms with Crippen LogP contribution in [-0.4, -0.2) is 53.2 Å². The van der Waals surface area contributed by atoms with Crippen LogP contribution >= 0.6 is 0 Å². The fourth-order valence-corrected chi connectivity index (χ4v) is 4.05. The molecule has 1 saturated heterocycles. The Morgan fingerprint density at radius 1 is 0.963 bits per heavy atom. The van der Waals surface area contributed by atoms with Crippen molar-refractivity contribution in [3.05, 3.63) is 54.1 Å². The molecule has 1 aliphatic heterocycles. The summed E-state index contributed by atoms with van der Waals surface area (Å²) in [5.41, 5.74) is 2.11. The fourth-order valence-electron chi connectivity index (χ4n) is 3.03. The minimum atomic E-state index is -3.55. The maximum atomic E-state index is 12.5. The first-order valence-corrected chi connectivity index (χ1v) is 10.7. The molecule has 0 radical (unpaired) electrons. The summed E-state index contributed by atoms with van der Waals surface area (Å²) in [6, 6.07) is 14.5. The summed E-state index contributed by atoms with van der Waals surface area (Å²) >= 11 is 0. The number of nitrogens with one attached hydrogen (secondary N) is 1. The number of anilines is 1. The van der Waals surface area contributed by atoms with Crippen LogP contribution in [0.5, 0.6) is 5.75 Å². The standard InChI is InChI=1S/C20H27N3O3S/c1-3-26-19-8-10-20(11-9-19)27(24,25)21-16-17-4-6-18(7-5-17)23-14-12-22(2)13-15-23/h4-11,21H,3,12-16H2,1-2H3. The number of ether oxygens (including phenoxy) is 1. The molecular formula is C20H27N3O3S. The lowest BCUT2D eigenvalue weighted by Gasteiger charge is -2.34. The van der Waals surface area contributed by atoms with Crippen LogP contribution in [0.1, 0.15) is 12.5 Å². The van der Waals surface area contributed by atoms with E-state index in [9.17, 15) is 8.42 Å². The topological polar surface area (TPSA) is 61.9 Å². The summed E-state index contributed by atoms with van der Waals surface area (Å²) in [5, 5.41) is 0. The highest BCUT2D eigenvalue weighted by atomic mass is 32.2. The minimum Gasteiger partial charge on any atom is -0.494 e. The van der Waals surface area contributed by atoms with Crippen LogP contribution in [-0.2, 0) is 16.6 Å². The third-order valence-electron chi connectivity index (χ3n) is 4.72. The molecule has 2 aromatic rings. The lowest BCUT2D eigenvalue weighted by Crippen LogP contribution is -2.44. The number of piperazine rings is 1. The summed E-state index contributed by atoms with van der Waals surface area (Å²) in [4.78, 5) is 4.91. The number of hydrogen-bond donors (Lipinski definition) is 1. The Morgan fingerprint density at radius 2 is 1.59 bits per heavy atom. The SMILES string of the molecule is CCOc1ccc(S(=O)(=O)NCc2ccc(N3CCN(C)CC3)cc2)cc1. The monoisotopic (exact) mass is 389 g/mol. The molecule has 6 nitrogen and oxygen atoms in total. The van der Waals surface area contributed by atoms with E-state index in [0.717, 1.165) is 31.7 Å². The smallest absolute Gasteiger partial charge is 0.240 e. The molecule has 0 amide bonds. The van der Waals surface area contributed by atoms with Gasteiger partial charge in [-0.2, -0.15) is 0 Å². The van der Waals surface area contributed by atoms with Crippen molar-refractivity contribution in [1.29, 1.82) is 0 Å². The van der Waals surface area contributed by atoms with Gasteiger partial charge >= 0.3 is 0 Å². The van der Waals surface area contributed by atoms with Gasteiger partial charge in [0.2, 0.25) is 10.0 Å².